The third kappa shape index (κ3) is 4.37. The third-order valence-electron chi connectivity index (χ3n) is 5.69. The molecule has 1 saturated heterocycles. The van der Waals surface area contributed by atoms with Crippen LogP contribution in [0.15, 0.2) is 0 Å². The molecule has 0 radical (unpaired) electrons. The number of hydrogen-bond acceptors (Lipinski definition) is 6. The minimum Gasteiger partial charge on any atom is -0.663 e. The van der Waals surface area contributed by atoms with Crippen LogP contribution in [0.4, 0.5) is 0 Å². The van der Waals surface area contributed by atoms with Crippen molar-refractivity contribution < 1.29 is 24.6 Å². The van der Waals surface area contributed by atoms with E-state index in [0.29, 0.717) is 6.54 Å². The highest BCUT2D eigenvalue weighted by Gasteiger charge is 2.45. The molecule has 0 amide bonds. The largest absolute Gasteiger partial charge is 0.663 e. The summed E-state index contributed by atoms with van der Waals surface area (Å²) in [7, 11) is 0.805. The molecular weight excluding hydrogens is 347 g/mol. The van der Waals surface area contributed by atoms with Gasteiger partial charge in [0.1, 0.15) is 6.10 Å². The lowest BCUT2D eigenvalue weighted by molar-refractivity contribution is -0.137. The maximum absolute atomic E-state index is 10.4. The van der Waals surface area contributed by atoms with Crippen molar-refractivity contribution in [2.45, 2.75) is 58.5 Å². The van der Waals surface area contributed by atoms with Gasteiger partial charge in [-0.1, -0.05) is 0 Å². The Morgan fingerprint density at radius 3 is 2.19 bits per heavy atom. The summed E-state index contributed by atoms with van der Waals surface area (Å²) in [5.74, 6) is 0. The van der Waals surface area contributed by atoms with Gasteiger partial charge < -0.3 is 35.7 Å². The molecule has 0 bridgehead atoms. The van der Waals surface area contributed by atoms with E-state index in [0.717, 1.165) is 34.1 Å². The van der Waals surface area contributed by atoms with Crippen LogP contribution >= 0.6 is 0 Å². The average molecular weight is 379 g/mol. The minimum atomic E-state index is -1.14. The summed E-state index contributed by atoms with van der Waals surface area (Å²) >= 11 is 0. The van der Waals surface area contributed by atoms with Crippen LogP contribution in [0.2, 0.25) is 0 Å². The van der Waals surface area contributed by atoms with Crippen molar-refractivity contribution in [3.8, 4) is 0 Å². The molecule has 2 rings (SSSR count). The summed E-state index contributed by atoms with van der Waals surface area (Å²) < 4.78 is 11.9. The molecule has 0 aliphatic carbocycles. The van der Waals surface area contributed by atoms with Gasteiger partial charge in [-0.05, 0) is 73.9 Å². The number of aliphatic hydroxyl groups excluding tert-OH is 3. The Kier molecular flexibility index (Phi) is 7.82. The van der Waals surface area contributed by atoms with Gasteiger partial charge >= 0.3 is 7.12 Å². The number of benzene rings is 1. The standard InChI is InChI=1S/C19H32BN2O5/c1-10-12(3)17(13(4)11(2)14(10)6-7-21)20-26-16(9-23)18(25)19(27-20)15(24)8-22-5/h15-16,18-19,23-25H,6-9,21H2,1-5H3/q-1/t15-,16+,18+,19+/m0/s1. The topological polar surface area (TPSA) is 119 Å². The highest BCUT2D eigenvalue weighted by atomic mass is 16.6. The van der Waals surface area contributed by atoms with Crippen molar-refractivity contribution in [1.82, 2.24) is 0 Å². The number of nitrogens with two attached hydrogens (primary N) is 1. The van der Waals surface area contributed by atoms with Crippen LogP contribution in [0.3, 0.4) is 0 Å². The Balaban J connectivity index is 2.47. The van der Waals surface area contributed by atoms with Crippen LogP contribution in [0.5, 0.6) is 0 Å². The van der Waals surface area contributed by atoms with E-state index in [1.54, 1.807) is 7.05 Å². The molecule has 1 aliphatic rings. The predicted octanol–water partition coefficient (Wildman–Crippen LogP) is -0.382. The van der Waals surface area contributed by atoms with Crippen molar-refractivity contribution >= 4 is 12.6 Å². The quantitative estimate of drug-likeness (QED) is 0.480. The Morgan fingerprint density at radius 2 is 1.70 bits per heavy atom. The van der Waals surface area contributed by atoms with Crippen molar-refractivity contribution in [2.75, 3.05) is 26.7 Å². The molecule has 27 heavy (non-hydrogen) atoms. The number of hydrogen-bond donors (Lipinski definition) is 4. The second-order valence-electron chi connectivity index (χ2n) is 7.28. The van der Waals surface area contributed by atoms with Gasteiger partial charge in [-0.15, -0.1) is 6.54 Å². The van der Waals surface area contributed by atoms with Crippen LogP contribution in [0.25, 0.3) is 5.32 Å². The second kappa shape index (κ2) is 9.47. The fourth-order valence-electron chi connectivity index (χ4n) is 3.89. The summed E-state index contributed by atoms with van der Waals surface area (Å²) in [5.41, 5.74) is 12.2. The molecule has 7 nitrogen and oxygen atoms in total. The molecule has 1 aromatic rings. The first kappa shape index (κ1) is 22.3. The SMILES string of the molecule is C[N-]C[C@H](O)[C@H]1OB(c2c(C)c(C)c(CCN)c(C)c2C)O[C@H](CO)[C@H]1O. The van der Waals surface area contributed by atoms with E-state index in [4.69, 9.17) is 15.0 Å². The van der Waals surface area contributed by atoms with Crippen molar-refractivity contribution in [2.24, 2.45) is 5.73 Å². The van der Waals surface area contributed by atoms with Crippen LogP contribution in [-0.2, 0) is 15.7 Å². The van der Waals surface area contributed by atoms with Gasteiger partial charge in [0.05, 0.1) is 24.9 Å². The van der Waals surface area contributed by atoms with E-state index in [9.17, 15) is 15.3 Å². The van der Waals surface area contributed by atoms with Gasteiger partial charge in [-0.3, -0.25) is 0 Å². The monoisotopic (exact) mass is 379 g/mol. The van der Waals surface area contributed by atoms with Crippen molar-refractivity contribution in [3.63, 3.8) is 0 Å². The van der Waals surface area contributed by atoms with E-state index in [1.807, 2.05) is 13.8 Å². The number of nitrogens with zero attached hydrogens (tertiary/aromatic N) is 1. The summed E-state index contributed by atoms with van der Waals surface area (Å²) in [6, 6.07) is 0. The smallest absolute Gasteiger partial charge is 0.495 e. The van der Waals surface area contributed by atoms with Crippen LogP contribution < -0.4 is 11.2 Å². The third-order valence-corrected chi connectivity index (χ3v) is 5.69. The highest BCUT2D eigenvalue weighted by molar-refractivity contribution is 6.62. The molecule has 1 heterocycles. The average Bonchev–Trinajstić information content (AvgIpc) is 2.64. The van der Waals surface area contributed by atoms with Gasteiger partial charge in [0.2, 0.25) is 0 Å². The second-order valence-corrected chi connectivity index (χ2v) is 7.28. The Hall–Kier alpha value is -0.995. The summed E-state index contributed by atoms with van der Waals surface area (Å²) in [6.07, 6.45) is -3.06. The van der Waals surface area contributed by atoms with Crippen molar-refractivity contribution in [1.29, 1.82) is 0 Å². The van der Waals surface area contributed by atoms with Crippen molar-refractivity contribution in [3.05, 3.63) is 33.1 Å². The molecule has 0 unspecified atom stereocenters. The zero-order chi connectivity index (χ0) is 20.3. The molecule has 4 atom stereocenters. The number of likely N-dealkylation sites (N-methyl/N-ethyl adjacent to an activating group) is 1. The zero-order valence-electron chi connectivity index (χ0n) is 16.9. The molecular formula is C19H32BN2O5-. The minimum absolute atomic E-state index is 0.137. The first-order valence-corrected chi connectivity index (χ1v) is 9.41. The van der Waals surface area contributed by atoms with E-state index in [1.165, 1.54) is 5.56 Å². The fraction of sp³-hybridized carbons (Fsp3) is 0.684. The lowest BCUT2D eigenvalue weighted by atomic mass is 9.68. The summed E-state index contributed by atoms with van der Waals surface area (Å²) in [6.45, 7) is 8.47. The van der Waals surface area contributed by atoms with E-state index < -0.39 is 31.5 Å². The predicted molar refractivity (Wildman–Crippen MR) is 107 cm³/mol. The molecule has 0 spiro atoms. The molecule has 1 aliphatic heterocycles. The van der Waals surface area contributed by atoms with Gasteiger partial charge in [-0.2, -0.15) is 7.05 Å². The molecule has 152 valence electrons. The van der Waals surface area contributed by atoms with Crippen LogP contribution in [-0.4, -0.2) is 73.6 Å². The van der Waals surface area contributed by atoms with Gasteiger partial charge in [0, 0.05) is 0 Å². The number of aliphatic hydroxyl groups is 3. The Morgan fingerprint density at radius 1 is 1.11 bits per heavy atom. The maximum atomic E-state index is 10.4. The van der Waals surface area contributed by atoms with E-state index in [2.05, 4.69) is 19.2 Å². The summed E-state index contributed by atoms with van der Waals surface area (Å²) in [4.78, 5) is 0. The van der Waals surface area contributed by atoms with E-state index in [-0.39, 0.29) is 13.2 Å². The molecule has 5 N–H and O–H groups in total. The lowest BCUT2D eigenvalue weighted by Gasteiger charge is -2.42. The van der Waals surface area contributed by atoms with Crippen LogP contribution in [0, 0.1) is 27.7 Å². The normalized spacial score (nSPS) is 24.3. The van der Waals surface area contributed by atoms with Gasteiger partial charge in [0.15, 0.2) is 0 Å². The number of rotatable bonds is 7. The molecule has 0 aromatic heterocycles. The van der Waals surface area contributed by atoms with E-state index >= 15 is 0 Å². The van der Waals surface area contributed by atoms with Crippen LogP contribution in [0.1, 0.15) is 27.8 Å². The van der Waals surface area contributed by atoms with Gasteiger partial charge in [0.25, 0.3) is 0 Å². The summed E-state index contributed by atoms with van der Waals surface area (Å²) in [5, 5.41) is 34.4. The molecule has 0 saturated carbocycles. The molecule has 1 fully saturated rings. The zero-order valence-corrected chi connectivity index (χ0v) is 16.9. The Labute approximate surface area is 162 Å². The first-order valence-electron chi connectivity index (χ1n) is 9.41. The van der Waals surface area contributed by atoms with Gasteiger partial charge in [-0.25, -0.2) is 0 Å². The fourth-order valence-corrected chi connectivity index (χ4v) is 3.89. The maximum Gasteiger partial charge on any atom is 0.495 e. The highest BCUT2D eigenvalue weighted by Crippen LogP contribution is 2.26. The lowest BCUT2D eigenvalue weighted by Crippen LogP contribution is -2.62. The molecule has 1 aromatic carbocycles. The Bertz CT molecular complexity index is 628. The molecule has 8 heteroatoms. The first-order chi connectivity index (χ1) is 12.8.